The number of ether oxygens (including phenoxy) is 1. The topological polar surface area (TPSA) is 104 Å². The first-order valence-electron chi connectivity index (χ1n) is 10.5. The fourth-order valence-electron chi connectivity index (χ4n) is 4.04. The van der Waals surface area contributed by atoms with Gasteiger partial charge in [0.25, 0.3) is 0 Å². The van der Waals surface area contributed by atoms with Crippen molar-refractivity contribution in [1.82, 2.24) is 4.90 Å². The highest BCUT2D eigenvalue weighted by Crippen LogP contribution is 2.33. The van der Waals surface area contributed by atoms with E-state index in [1.807, 2.05) is 24.3 Å². The number of fused-ring (bicyclic) bond motifs is 1. The lowest BCUT2D eigenvalue weighted by atomic mass is 9.86. The maximum Gasteiger partial charge on any atom is 0.414 e. The largest absolute Gasteiger partial charge is 0.489 e. The molecule has 2 N–H and O–H groups in total. The second kappa shape index (κ2) is 10.7. The number of ketones is 1. The van der Waals surface area contributed by atoms with Crippen molar-refractivity contribution >= 4 is 17.7 Å². The molecule has 31 heavy (non-hydrogen) atoms. The quantitative estimate of drug-likeness (QED) is 0.725. The molecule has 0 bridgehead atoms. The summed E-state index contributed by atoms with van der Waals surface area (Å²) in [5, 5.41) is 14.8. The highest BCUT2D eigenvalue weighted by Gasteiger charge is 2.34. The number of rotatable bonds is 4. The van der Waals surface area contributed by atoms with Crippen molar-refractivity contribution in [2.75, 3.05) is 19.6 Å². The van der Waals surface area contributed by atoms with Gasteiger partial charge >= 0.3 is 11.9 Å². The van der Waals surface area contributed by atoms with E-state index in [-0.39, 0.29) is 11.9 Å². The van der Waals surface area contributed by atoms with Crippen LogP contribution in [0, 0.1) is 5.92 Å². The minimum atomic E-state index is -1.82. The summed E-state index contributed by atoms with van der Waals surface area (Å²) < 4.78 is 6.17. The van der Waals surface area contributed by atoms with Gasteiger partial charge in [0.05, 0.1) is 5.56 Å². The highest BCUT2D eigenvalue weighted by atomic mass is 16.5. The van der Waals surface area contributed by atoms with Crippen LogP contribution in [0.3, 0.4) is 0 Å². The Labute approximate surface area is 181 Å². The van der Waals surface area contributed by atoms with Crippen LogP contribution in [0.1, 0.15) is 35.2 Å². The van der Waals surface area contributed by atoms with Crippen molar-refractivity contribution in [3.63, 3.8) is 0 Å². The molecule has 0 aromatic heterocycles. The first-order chi connectivity index (χ1) is 14.9. The molecule has 2 aliphatic heterocycles. The van der Waals surface area contributed by atoms with Gasteiger partial charge in [-0.05, 0) is 56.0 Å². The SMILES string of the molecule is O=C(O)C(=O)O.O=C1CC(C2CCN(CCc3ccccc3)CC2)Oc2ccccc21. The Morgan fingerprint density at radius 3 is 2.19 bits per heavy atom. The molecule has 0 saturated carbocycles. The van der Waals surface area contributed by atoms with E-state index in [0.717, 1.165) is 50.2 Å². The molecule has 1 atom stereocenters. The van der Waals surface area contributed by atoms with Crippen LogP contribution in [0.2, 0.25) is 0 Å². The van der Waals surface area contributed by atoms with E-state index in [4.69, 9.17) is 24.5 Å². The van der Waals surface area contributed by atoms with E-state index in [1.54, 1.807) is 0 Å². The van der Waals surface area contributed by atoms with Crippen molar-refractivity contribution in [3.05, 3.63) is 65.7 Å². The molecule has 1 saturated heterocycles. The normalized spacial score (nSPS) is 18.8. The molecule has 164 valence electrons. The molecule has 0 aliphatic carbocycles. The number of carbonyl (C=O) groups is 3. The molecule has 1 fully saturated rings. The Balaban J connectivity index is 0.000000401. The second-order valence-corrected chi connectivity index (χ2v) is 7.80. The van der Waals surface area contributed by atoms with Gasteiger partial charge < -0.3 is 19.8 Å². The van der Waals surface area contributed by atoms with E-state index in [9.17, 15) is 4.79 Å². The molecule has 0 radical (unpaired) electrons. The van der Waals surface area contributed by atoms with Crippen LogP contribution < -0.4 is 4.74 Å². The second-order valence-electron chi connectivity index (χ2n) is 7.80. The van der Waals surface area contributed by atoms with Crippen molar-refractivity contribution < 1.29 is 29.3 Å². The molecule has 2 aromatic carbocycles. The predicted octanol–water partition coefficient (Wildman–Crippen LogP) is 3.13. The summed E-state index contributed by atoms with van der Waals surface area (Å²) in [6, 6.07) is 18.3. The summed E-state index contributed by atoms with van der Waals surface area (Å²) in [5.41, 5.74) is 2.15. The number of para-hydroxylation sites is 1. The summed E-state index contributed by atoms with van der Waals surface area (Å²) >= 11 is 0. The molecular formula is C24H27NO6. The number of piperidine rings is 1. The van der Waals surface area contributed by atoms with Crippen molar-refractivity contribution in [2.45, 2.75) is 31.8 Å². The predicted molar refractivity (Wildman–Crippen MR) is 114 cm³/mol. The summed E-state index contributed by atoms with van der Waals surface area (Å²) in [7, 11) is 0. The lowest BCUT2D eigenvalue weighted by Crippen LogP contribution is -2.42. The molecular weight excluding hydrogens is 398 g/mol. The lowest BCUT2D eigenvalue weighted by Gasteiger charge is -2.37. The molecule has 2 aliphatic rings. The van der Waals surface area contributed by atoms with Crippen molar-refractivity contribution in [1.29, 1.82) is 0 Å². The summed E-state index contributed by atoms with van der Waals surface area (Å²) in [4.78, 5) is 33.1. The molecule has 4 rings (SSSR count). The third kappa shape index (κ3) is 6.39. The van der Waals surface area contributed by atoms with Crippen LogP contribution in [0.5, 0.6) is 5.75 Å². The van der Waals surface area contributed by atoms with Gasteiger partial charge in [-0.25, -0.2) is 9.59 Å². The van der Waals surface area contributed by atoms with Crippen LogP contribution in [-0.2, 0) is 16.0 Å². The molecule has 7 heteroatoms. The fraction of sp³-hybridized carbons (Fsp3) is 0.375. The fourth-order valence-corrected chi connectivity index (χ4v) is 4.04. The summed E-state index contributed by atoms with van der Waals surface area (Å²) in [6.45, 7) is 3.32. The Morgan fingerprint density at radius 1 is 0.935 bits per heavy atom. The smallest absolute Gasteiger partial charge is 0.414 e. The molecule has 2 heterocycles. The van der Waals surface area contributed by atoms with Gasteiger partial charge in [0, 0.05) is 13.0 Å². The third-order valence-corrected chi connectivity index (χ3v) is 5.75. The number of carboxylic acid groups (broad SMARTS) is 2. The van der Waals surface area contributed by atoms with E-state index in [0.29, 0.717) is 12.3 Å². The highest BCUT2D eigenvalue weighted by molar-refractivity contribution is 6.27. The van der Waals surface area contributed by atoms with E-state index < -0.39 is 11.9 Å². The molecule has 1 unspecified atom stereocenters. The monoisotopic (exact) mass is 425 g/mol. The molecule has 2 aromatic rings. The van der Waals surface area contributed by atoms with Crippen LogP contribution in [0.15, 0.2) is 54.6 Å². The Hall–Kier alpha value is -3.19. The number of carbonyl (C=O) groups excluding carboxylic acids is 1. The first-order valence-corrected chi connectivity index (χ1v) is 10.5. The van der Waals surface area contributed by atoms with Gasteiger partial charge in [0.2, 0.25) is 0 Å². The van der Waals surface area contributed by atoms with Crippen LogP contribution in [0.25, 0.3) is 0 Å². The Bertz CT molecular complexity index is 893. The van der Waals surface area contributed by atoms with Gasteiger partial charge in [-0.1, -0.05) is 42.5 Å². The number of benzene rings is 2. The standard InChI is InChI=1S/C22H25NO2.C2H2O4/c24-20-16-22(25-21-9-5-4-8-19(20)21)18-11-14-23(15-12-18)13-10-17-6-2-1-3-7-17;3-1(4)2(5)6/h1-9,18,22H,10-16H2;(H,3,4)(H,5,6). The van der Waals surface area contributed by atoms with Crippen LogP contribution in [0.4, 0.5) is 0 Å². The van der Waals surface area contributed by atoms with Gasteiger partial charge in [-0.2, -0.15) is 0 Å². The minimum absolute atomic E-state index is 0.0543. The maximum atomic E-state index is 12.4. The zero-order valence-corrected chi connectivity index (χ0v) is 17.3. The number of nitrogens with zero attached hydrogens (tertiary/aromatic N) is 1. The zero-order valence-electron chi connectivity index (χ0n) is 17.3. The number of hydrogen-bond donors (Lipinski definition) is 2. The Morgan fingerprint density at radius 2 is 1.55 bits per heavy atom. The first kappa shape index (κ1) is 22.5. The van der Waals surface area contributed by atoms with Crippen molar-refractivity contribution in [3.8, 4) is 5.75 Å². The lowest BCUT2D eigenvalue weighted by molar-refractivity contribution is -0.159. The third-order valence-electron chi connectivity index (χ3n) is 5.75. The van der Waals surface area contributed by atoms with E-state index in [1.165, 1.54) is 5.56 Å². The molecule has 0 spiro atoms. The summed E-state index contributed by atoms with van der Waals surface area (Å²) in [6.07, 6.45) is 3.94. The average molecular weight is 425 g/mol. The number of hydrogen-bond acceptors (Lipinski definition) is 5. The van der Waals surface area contributed by atoms with Gasteiger partial charge in [0.15, 0.2) is 5.78 Å². The number of carboxylic acids is 2. The summed E-state index contributed by atoms with van der Waals surface area (Å²) in [5.74, 6) is -2.15. The van der Waals surface area contributed by atoms with Gasteiger partial charge in [-0.15, -0.1) is 0 Å². The van der Waals surface area contributed by atoms with Gasteiger partial charge in [0.1, 0.15) is 11.9 Å². The molecule has 7 nitrogen and oxygen atoms in total. The number of aliphatic carboxylic acids is 2. The Kier molecular flexibility index (Phi) is 7.78. The number of Topliss-reactive ketones (excluding diaryl/α,β-unsaturated/α-hetero) is 1. The van der Waals surface area contributed by atoms with Crippen LogP contribution in [-0.4, -0.2) is 58.6 Å². The maximum absolute atomic E-state index is 12.4. The van der Waals surface area contributed by atoms with Gasteiger partial charge in [-0.3, -0.25) is 4.79 Å². The van der Waals surface area contributed by atoms with E-state index in [2.05, 4.69) is 35.2 Å². The van der Waals surface area contributed by atoms with E-state index >= 15 is 0 Å². The molecule has 0 amide bonds. The number of likely N-dealkylation sites (tertiary alicyclic amines) is 1. The van der Waals surface area contributed by atoms with Crippen molar-refractivity contribution in [2.24, 2.45) is 5.92 Å². The average Bonchev–Trinajstić information content (AvgIpc) is 2.79. The van der Waals surface area contributed by atoms with Crippen LogP contribution >= 0.6 is 0 Å². The minimum Gasteiger partial charge on any atom is -0.489 e. The zero-order chi connectivity index (χ0) is 22.2.